The van der Waals surface area contributed by atoms with Crippen molar-refractivity contribution in [1.82, 2.24) is 0 Å². The van der Waals surface area contributed by atoms with Crippen molar-refractivity contribution in [2.75, 3.05) is 12.4 Å². The van der Waals surface area contributed by atoms with Gasteiger partial charge in [-0.3, -0.25) is 4.79 Å². The summed E-state index contributed by atoms with van der Waals surface area (Å²) in [6.45, 7) is 1.46. The summed E-state index contributed by atoms with van der Waals surface area (Å²) >= 11 is 0. The van der Waals surface area contributed by atoms with E-state index in [4.69, 9.17) is 0 Å². The van der Waals surface area contributed by atoms with Gasteiger partial charge in [-0.2, -0.15) is 13.2 Å². The molecule has 0 bridgehead atoms. The molecule has 122 valence electrons. The van der Waals surface area contributed by atoms with Crippen LogP contribution in [0.5, 0.6) is 0 Å². The van der Waals surface area contributed by atoms with Crippen LogP contribution in [0.2, 0.25) is 0 Å². The highest BCUT2D eigenvalue weighted by Crippen LogP contribution is 2.34. The summed E-state index contributed by atoms with van der Waals surface area (Å²) in [5, 5.41) is 11.4. The molecule has 1 aromatic rings. The zero-order valence-electron chi connectivity index (χ0n) is 11.6. The van der Waals surface area contributed by atoms with Gasteiger partial charge in [0.2, 0.25) is 5.91 Å². The number of amides is 1. The quantitative estimate of drug-likeness (QED) is 0.656. The van der Waals surface area contributed by atoms with Crippen molar-refractivity contribution in [3.8, 4) is 0 Å². The van der Waals surface area contributed by atoms with E-state index < -0.39 is 35.9 Å². The van der Waals surface area contributed by atoms with Crippen LogP contribution in [0.4, 0.5) is 23.2 Å². The van der Waals surface area contributed by atoms with Crippen molar-refractivity contribution < 1.29 is 37.0 Å². The molecule has 0 spiro atoms. The van der Waals surface area contributed by atoms with Crippen LogP contribution in [-0.2, 0) is 14.3 Å². The fourth-order valence-electron chi connectivity index (χ4n) is 1.57. The summed E-state index contributed by atoms with van der Waals surface area (Å²) in [5.41, 5.74) is -3.81. The first kappa shape index (κ1) is 17.9. The molecule has 9 heteroatoms. The van der Waals surface area contributed by atoms with Crippen molar-refractivity contribution >= 4 is 17.6 Å². The van der Waals surface area contributed by atoms with Gasteiger partial charge >= 0.3 is 12.1 Å². The number of carbonyl (C=O) groups is 2. The van der Waals surface area contributed by atoms with Crippen molar-refractivity contribution in [3.63, 3.8) is 0 Å². The van der Waals surface area contributed by atoms with E-state index in [1.165, 1.54) is 19.1 Å². The van der Waals surface area contributed by atoms with Crippen LogP contribution >= 0.6 is 0 Å². The van der Waals surface area contributed by atoms with Gasteiger partial charge < -0.3 is 15.2 Å². The zero-order chi connectivity index (χ0) is 17.1. The summed E-state index contributed by atoms with van der Waals surface area (Å²) in [6.07, 6.45) is -7.02. The second kappa shape index (κ2) is 6.30. The summed E-state index contributed by atoms with van der Waals surface area (Å²) in [4.78, 5) is 22.7. The van der Waals surface area contributed by atoms with Gasteiger partial charge in [-0.05, 0) is 24.6 Å². The average Bonchev–Trinajstić information content (AvgIpc) is 2.40. The molecule has 1 amide bonds. The van der Waals surface area contributed by atoms with Crippen molar-refractivity contribution in [1.29, 1.82) is 0 Å². The van der Waals surface area contributed by atoms with Gasteiger partial charge in [0.15, 0.2) is 0 Å². The number of hydrogen-bond donors (Lipinski definition) is 2. The number of esters is 1. The molecule has 0 aliphatic rings. The van der Waals surface area contributed by atoms with E-state index in [9.17, 15) is 32.3 Å². The molecule has 0 aliphatic heterocycles. The van der Waals surface area contributed by atoms with E-state index in [-0.39, 0.29) is 11.3 Å². The first-order valence-electron chi connectivity index (χ1n) is 5.95. The van der Waals surface area contributed by atoms with E-state index >= 15 is 0 Å². The second-order valence-corrected chi connectivity index (χ2v) is 4.54. The third kappa shape index (κ3) is 3.73. The Hall–Kier alpha value is -2.16. The maximum absolute atomic E-state index is 13.3. The molecule has 1 rings (SSSR count). The summed E-state index contributed by atoms with van der Waals surface area (Å²) in [6, 6.07) is 3.47. The molecule has 0 radical (unpaired) electrons. The van der Waals surface area contributed by atoms with Crippen LogP contribution in [0, 0.1) is 12.7 Å². The molecule has 0 aromatic heterocycles. The number of alkyl halides is 3. The fraction of sp³-hybridized carbons (Fsp3) is 0.385. The summed E-state index contributed by atoms with van der Waals surface area (Å²) in [7, 11) is 0.645. The van der Waals surface area contributed by atoms with Crippen LogP contribution in [-0.4, -0.2) is 35.9 Å². The Morgan fingerprint density at radius 3 is 2.36 bits per heavy atom. The number of methoxy groups -OCH3 is 1. The van der Waals surface area contributed by atoms with E-state index in [0.717, 1.165) is 6.07 Å². The molecular formula is C13H13F4NO4. The smallest absolute Gasteiger partial charge is 0.428 e. The van der Waals surface area contributed by atoms with Crippen LogP contribution in [0.3, 0.4) is 0 Å². The van der Waals surface area contributed by atoms with Crippen LogP contribution in [0.25, 0.3) is 0 Å². The molecule has 1 aromatic carbocycles. The van der Waals surface area contributed by atoms with Gasteiger partial charge in [0.25, 0.3) is 5.60 Å². The minimum Gasteiger partial charge on any atom is -0.467 e. The number of aryl methyl sites for hydroxylation is 1. The Balaban J connectivity index is 2.93. The predicted octanol–water partition coefficient (Wildman–Crippen LogP) is 1.93. The number of carbonyl (C=O) groups excluding carboxylic acids is 2. The van der Waals surface area contributed by atoms with E-state index in [1.807, 2.05) is 5.32 Å². The van der Waals surface area contributed by atoms with Crippen molar-refractivity contribution in [2.45, 2.75) is 25.1 Å². The lowest BCUT2D eigenvalue weighted by molar-refractivity contribution is -0.261. The second-order valence-electron chi connectivity index (χ2n) is 4.54. The molecule has 0 fully saturated rings. The number of hydrogen-bond acceptors (Lipinski definition) is 4. The average molecular weight is 323 g/mol. The zero-order valence-corrected chi connectivity index (χ0v) is 11.6. The Morgan fingerprint density at radius 2 is 1.91 bits per heavy atom. The number of rotatable bonds is 4. The molecular weight excluding hydrogens is 310 g/mol. The number of benzene rings is 1. The molecule has 22 heavy (non-hydrogen) atoms. The molecule has 1 atom stereocenters. The topological polar surface area (TPSA) is 75.6 Å². The number of aliphatic hydroxyl groups is 1. The Labute approximate surface area is 122 Å². The lowest BCUT2D eigenvalue weighted by Gasteiger charge is -2.26. The SMILES string of the molecule is COC(=O)[C@@](O)(CC(=O)Nc1ccc(C)c(F)c1)C(F)(F)F. The fourth-order valence-corrected chi connectivity index (χ4v) is 1.57. The highest BCUT2D eigenvalue weighted by molar-refractivity contribution is 5.96. The number of halogens is 4. The van der Waals surface area contributed by atoms with E-state index in [2.05, 4.69) is 4.74 Å². The summed E-state index contributed by atoms with van der Waals surface area (Å²) < 4.78 is 55.5. The molecule has 0 saturated carbocycles. The van der Waals surface area contributed by atoms with Crippen molar-refractivity contribution in [2.24, 2.45) is 0 Å². The lowest BCUT2D eigenvalue weighted by Crippen LogP contribution is -2.54. The monoisotopic (exact) mass is 323 g/mol. The summed E-state index contributed by atoms with van der Waals surface area (Å²) in [5.74, 6) is -4.00. The Kier molecular flexibility index (Phi) is 5.13. The van der Waals surface area contributed by atoms with Gasteiger partial charge in [-0.15, -0.1) is 0 Å². The molecule has 0 saturated heterocycles. The first-order chi connectivity index (χ1) is 10.0. The highest BCUT2D eigenvalue weighted by atomic mass is 19.4. The Morgan fingerprint density at radius 1 is 1.32 bits per heavy atom. The lowest BCUT2D eigenvalue weighted by atomic mass is 9.98. The number of ether oxygens (including phenoxy) is 1. The predicted molar refractivity (Wildman–Crippen MR) is 67.4 cm³/mol. The maximum atomic E-state index is 13.3. The normalized spacial score (nSPS) is 14.1. The van der Waals surface area contributed by atoms with Gasteiger partial charge in [-0.25, -0.2) is 9.18 Å². The largest absolute Gasteiger partial charge is 0.467 e. The molecule has 0 aliphatic carbocycles. The van der Waals surface area contributed by atoms with Crippen LogP contribution < -0.4 is 5.32 Å². The molecule has 0 heterocycles. The van der Waals surface area contributed by atoms with Crippen molar-refractivity contribution in [3.05, 3.63) is 29.6 Å². The minimum atomic E-state index is -5.41. The number of nitrogens with one attached hydrogen (secondary N) is 1. The highest BCUT2D eigenvalue weighted by Gasteiger charge is 2.61. The molecule has 0 unspecified atom stereocenters. The van der Waals surface area contributed by atoms with Crippen LogP contribution in [0.15, 0.2) is 18.2 Å². The molecule has 5 nitrogen and oxygen atoms in total. The van der Waals surface area contributed by atoms with E-state index in [1.54, 1.807) is 0 Å². The first-order valence-corrected chi connectivity index (χ1v) is 5.95. The van der Waals surface area contributed by atoms with Gasteiger partial charge in [0.1, 0.15) is 5.82 Å². The minimum absolute atomic E-state index is 0.109. The van der Waals surface area contributed by atoms with Gasteiger partial charge in [0, 0.05) is 5.69 Å². The standard InChI is InChI=1S/C13H13F4NO4/c1-7-3-4-8(5-9(7)14)18-10(19)6-12(21,11(20)22-2)13(15,16)17/h3-5,21H,6H2,1-2H3,(H,18,19)/t12-/m0/s1. The maximum Gasteiger partial charge on any atom is 0.428 e. The van der Waals surface area contributed by atoms with Crippen LogP contribution in [0.1, 0.15) is 12.0 Å². The third-order valence-corrected chi connectivity index (χ3v) is 2.86. The van der Waals surface area contributed by atoms with Gasteiger partial charge in [-0.1, -0.05) is 6.07 Å². The third-order valence-electron chi connectivity index (χ3n) is 2.86. The van der Waals surface area contributed by atoms with Gasteiger partial charge in [0.05, 0.1) is 13.5 Å². The molecule has 2 N–H and O–H groups in total. The number of anilines is 1. The Bertz CT molecular complexity index is 588. The van der Waals surface area contributed by atoms with E-state index in [0.29, 0.717) is 7.11 Å².